The topological polar surface area (TPSA) is 159 Å². The van der Waals surface area contributed by atoms with Crippen LogP contribution in [0, 0.1) is 43.4 Å². The minimum Gasteiger partial charge on any atom is -0.469 e. The number of thiophene rings is 1. The Hall–Kier alpha value is -6.18. The number of rotatable bonds is 13. The van der Waals surface area contributed by atoms with E-state index in [4.69, 9.17) is 32.3 Å². The number of amides is 2. The highest BCUT2D eigenvalue weighted by Crippen LogP contribution is 2.42. The Balaban J connectivity index is 1.10. The number of carbonyl (C=O) groups is 4. The van der Waals surface area contributed by atoms with Gasteiger partial charge in [0.1, 0.15) is 17.7 Å². The van der Waals surface area contributed by atoms with Gasteiger partial charge in [-0.2, -0.15) is 0 Å². The number of terminal acetylenes is 2. The molecule has 2 fully saturated rings. The van der Waals surface area contributed by atoms with Crippen molar-refractivity contribution in [2.24, 2.45) is 11.8 Å². The quantitative estimate of drug-likeness (QED) is 0.0611. The Morgan fingerprint density at radius 3 is 2.31 bits per heavy atom. The van der Waals surface area contributed by atoms with Crippen molar-refractivity contribution in [1.82, 2.24) is 30.2 Å². The van der Waals surface area contributed by atoms with Crippen LogP contribution in [0.15, 0.2) is 54.6 Å². The number of likely N-dealkylation sites (tertiary alicyclic amines) is 1. The molecule has 3 N–H and O–H groups in total. The van der Waals surface area contributed by atoms with E-state index in [1.165, 1.54) is 14.2 Å². The zero-order valence-corrected chi connectivity index (χ0v) is 34.4. The van der Waals surface area contributed by atoms with E-state index in [0.29, 0.717) is 24.4 Å². The van der Waals surface area contributed by atoms with Crippen LogP contribution in [0.2, 0.25) is 0 Å². The van der Waals surface area contributed by atoms with Gasteiger partial charge in [-0.25, -0.2) is 14.8 Å². The number of H-pyrrole nitrogens is 2. The second-order valence-electron chi connectivity index (χ2n) is 15.4. The van der Waals surface area contributed by atoms with Gasteiger partial charge in [0.15, 0.2) is 5.78 Å². The van der Waals surface area contributed by atoms with Gasteiger partial charge in [-0.05, 0) is 79.6 Å². The molecular weight excluding hydrogens is 765 g/mol. The number of Topliss-reactive ketones (excluding diaryl/α,β-unsaturated/α-hetero) is 1. The number of fused-ring (bicyclic) bond motifs is 2. The molecule has 5 unspecified atom stereocenters. The van der Waals surface area contributed by atoms with Crippen molar-refractivity contribution >= 4 is 57.2 Å². The summed E-state index contributed by atoms with van der Waals surface area (Å²) < 4.78 is 9.55. The van der Waals surface area contributed by atoms with E-state index in [2.05, 4.69) is 71.0 Å². The normalized spacial score (nSPS) is 18.8. The number of aromatic amines is 2. The van der Waals surface area contributed by atoms with Gasteiger partial charge in [0, 0.05) is 41.0 Å². The first-order valence-corrected chi connectivity index (χ1v) is 20.8. The summed E-state index contributed by atoms with van der Waals surface area (Å²) in [6.45, 7) is 6.68. The number of ether oxygens (including phenoxy) is 2. The molecule has 12 nitrogen and oxygen atoms in total. The average molecular weight is 813 g/mol. The summed E-state index contributed by atoms with van der Waals surface area (Å²) in [6.07, 6.45) is 15.7. The van der Waals surface area contributed by atoms with E-state index in [0.717, 1.165) is 86.4 Å². The molecule has 1 aliphatic heterocycles. The molecule has 1 saturated heterocycles. The lowest BCUT2D eigenvalue weighted by Gasteiger charge is -2.31. The summed E-state index contributed by atoms with van der Waals surface area (Å²) in [5, 5.41) is 2.63. The lowest BCUT2D eigenvalue weighted by Crippen LogP contribution is -2.45. The minimum atomic E-state index is -0.820. The fourth-order valence-corrected chi connectivity index (χ4v) is 9.78. The summed E-state index contributed by atoms with van der Waals surface area (Å²) in [4.78, 5) is 72.5. The number of nitrogens with one attached hydrogen (secondary N) is 3. The van der Waals surface area contributed by atoms with Gasteiger partial charge in [-0.1, -0.05) is 37.1 Å². The van der Waals surface area contributed by atoms with Crippen molar-refractivity contribution in [3.05, 3.63) is 71.8 Å². The number of alkyl carbamates (subject to hydrolysis) is 1. The van der Waals surface area contributed by atoms with E-state index in [-0.39, 0.29) is 48.8 Å². The first-order chi connectivity index (χ1) is 28.5. The summed E-state index contributed by atoms with van der Waals surface area (Å²) >= 11 is 1.70. The fourth-order valence-electron chi connectivity index (χ4n) is 8.62. The van der Waals surface area contributed by atoms with Gasteiger partial charge in [-0.15, -0.1) is 36.0 Å². The second-order valence-corrected chi connectivity index (χ2v) is 16.4. The number of aryl methyl sites for hydroxylation is 1. The van der Waals surface area contributed by atoms with Gasteiger partial charge in [-0.3, -0.25) is 14.4 Å². The maximum Gasteiger partial charge on any atom is 0.407 e. The van der Waals surface area contributed by atoms with Crippen LogP contribution >= 0.6 is 11.3 Å². The molecule has 0 bridgehead atoms. The minimum absolute atomic E-state index is 0.0673. The molecule has 5 aromatic rings. The summed E-state index contributed by atoms with van der Waals surface area (Å²) in [7, 11) is 2.57. The Morgan fingerprint density at radius 1 is 0.915 bits per heavy atom. The number of hydrogen-bond acceptors (Lipinski definition) is 9. The van der Waals surface area contributed by atoms with Crippen LogP contribution in [0.1, 0.15) is 87.0 Å². The number of imidazole rings is 2. The number of carbonyl (C=O) groups excluding carboxylic acids is 4. The number of benzene rings is 2. The number of ketones is 1. The van der Waals surface area contributed by atoms with Crippen LogP contribution in [-0.2, 0) is 23.9 Å². The van der Waals surface area contributed by atoms with E-state index in [1.54, 1.807) is 11.3 Å². The molecule has 2 aliphatic rings. The smallest absolute Gasteiger partial charge is 0.407 e. The molecule has 3 aromatic heterocycles. The lowest BCUT2D eigenvalue weighted by atomic mass is 9.74. The average Bonchev–Trinajstić information content (AvgIpc) is 4.06. The molecule has 13 heteroatoms. The van der Waals surface area contributed by atoms with Crippen LogP contribution in [0.4, 0.5) is 4.79 Å². The molecule has 5 atom stereocenters. The maximum absolute atomic E-state index is 13.8. The molecular formula is C46H48N6O6S. The fraction of sp³-hybridized carbons (Fsp3) is 0.391. The standard InChI is InChI=1S/C46H48N6O6S/c1-7-12-30(26(3)23-40(53)57-5)45(55)52-21-11-16-38(52)44-48-34-19-17-28(24-36(34)50-44)39-22-27(4)42(59-39)29-18-20-33-37(25-29)49-43(47-33)32-15-10-9-14-31(32)41(54)35(13-8-2)51-46(56)58-6/h1-2,17-20,22,24-25,30-32,35,38H,3,9-16,21,23H2,4-6H3,(H,47,49)(H,48,50)(H,51,56). The van der Waals surface area contributed by atoms with E-state index in [1.807, 2.05) is 17.0 Å². The molecule has 2 amide bonds. The second kappa shape index (κ2) is 17.8. The van der Waals surface area contributed by atoms with Crippen molar-refractivity contribution in [2.45, 2.75) is 82.7 Å². The highest BCUT2D eigenvalue weighted by atomic mass is 32.1. The molecule has 1 aliphatic carbocycles. The van der Waals surface area contributed by atoms with E-state index in [9.17, 15) is 19.2 Å². The molecule has 4 heterocycles. The van der Waals surface area contributed by atoms with Crippen LogP contribution in [0.25, 0.3) is 42.9 Å². The SMILES string of the molecule is C#CCC(NC(=O)OC)C(=O)C1CCCCC1c1nc2ccc(-c3sc(-c4ccc5nc(C6CCCN6C(=O)C(CC#C)C(=C)CC(=O)OC)[nH]c5c4)cc3C)cc2[nH]1. The third kappa shape index (κ3) is 8.53. The summed E-state index contributed by atoms with van der Waals surface area (Å²) in [5.74, 6) is 4.74. The largest absolute Gasteiger partial charge is 0.469 e. The highest BCUT2D eigenvalue weighted by molar-refractivity contribution is 7.19. The van der Waals surface area contributed by atoms with Crippen molar-refractivity contribution in [3.63, 3.8) is 0 Å². The number of nitrogens with zero attached hydrogens (tertiary/aromatic N) is 3. The van der Waals surface area contributed by atoms with Crippen molar-refractivity contribution < 1.29 is 28.7 Å². The van der Waals surface area contributed by atoms with E-state index < -0.39 is 24.0 Å². The predicted molar refractivity (Wildman–Crippen MR) is 228 cm³/mol. The van der Waals surface area contributed by atoms with Gasteiger partial charge in [0.25, 0.3) is 0 Å². The Bertz CT molecular complexity index is 2520. The highest BCUT2D eigenvalue weighted by Gasteiger charge is 2.39. The number of methoxy groups -OCH3 is 2. The molecule has 2 aromatic carbocycles. The molecule has 0 spiro atoms. The van der Waals surface area contributed by atoms with E-state index >= 15 is 0 Å². The predicted octanol–water partition coefficient (Wildman–Crippen LogP) is 8.16. The molecule has 7 rings (SSSR count). The molecule has 0 radical (unpaired) electrons. The zero-order chi connectivity index (χ0) is 41.8. The van der Waals surface area contributed by atoms with Crippen LogP contribution in [0.3, 0.4) is 0 Å². The number of esters is 1. The van der Waals surface area contributed by atoms with Crippen LogP contribution < -0.4 is 5.32 Å². The maximum atomic E-state index is 13.8. The third-order valence-corrected chi connectivity index (χ3v) is 13.0. The lowest BCUT2D eigenvalue weighted by molar-refractivity contribution is -0.140. The Labute approximate surface area is 347 Å². The summed E-state index contributed by atoms with van der Waals surface area (Å²) in [5.41, 5.74) is 7.08. The molecule has 1 saturated carbocycles. The Morgan fingerprint density at radius 2 is 1.59 bits per heavy atom. The number of hydrogen-bond donors (Lipinski definition) is 3. The van der Waals surface area contributed by atoms with Gasteiger partial charge < -0.3 is 29.7 Å². The monoisotopic (exact) mass is 812 g/mol. The zero-order valence-electron chi connectivity index (χ0n) is 33.6. The van der Waals surface area contributed by atoms with Gasteiger partial charge in [0.05, 0.1) is 54.7 Å². The van der Waals surface area contributed by atoms with Crippen molar-refractivity contribution in [3.8, 4) is 45.6 Å². The van der Waals surface area contributed by atoms with Crippen LogP contribution in [0.5, 0.6) is 0 Å². The van der Waals surface area contributed by atoms with Crippen molar-refractivity contribution in [1.29, 1.82) is 0 Å². The number of aromatic nitrogens is 4. The first-order valence-electron chi connectivity index (χ1n) is 19.9. The molecule has 59 heavy (non-hydrogen) atoms. The third-order valence-electron chi connectivity index (χ3n) is 11.7. The Kier molecular flexibility index (Phi) is 12.3. The van der Waals surface area contributed by atoms with Crippen LogP contribution in [-0.4, -0.2) is 75.4 Å². The first kappa shape index (κ1) is 41.0. The molecule has 304 valence electrons. The van der Waals surface area contributed by atoms with Gasteiger partial charge in [0.2, 0.25) is 5.91 Å². The van der Waals surface area contributed by atoms with Gasteiger partial charge >= 0.3 is 12.1 Å². The van der Waals surface area contributed by atoms with Crippen molar-refractivity contribution in [2.75, 3.05) is 20.8 Å². The summed E-state index contributed by atoms with van der Waals surface area (Å²) in [6, 6.07) is 13.5.